The molecule has 8 heteroatoms. The van der Waals surface area contributed by atoms with Crippen LogP contribution in [0.25, 0.3) is 0 Å². The van der Waals surface area contributed by atoms with Crippen LogP contribution < -0.4 is 9.46 Å². The molecule has 0 amide bonds. The number of rotatable bonds is 6. The predicted molar refractivity (Wildman–Crippen MR) is 91.0 cm³/mol. The van der Waals surface area contributed by atoms with Crippen molar-refractivity contribution in [3.05, 3.63) is 58.1 Å². The number of benzene rings is 2. The van der Waals surface area contributed by atoms with E-state index in [1.807, 2.05) is 19.9 Å². The summed E-state index contributed by atoms with van der Waals surface area (Å²) in [7, 11) is -2.75. The number of nitro benzene ring substituents is 1. The number of nitrogens with zero attached hydrogens (tertiary/aromatic N) is 1. The molecule has 7 nitrogen and oxygen atoms in total. The Morgan fingerprint density at radius 2 is 1.88 bits per heavy atom. The lowest BCUT2D eigenvalue weighted by atomic mass is 10.0. The maximum atomic E-state index is 12.6. The van der Waals surface area contributed by atoms with Gasteiger partial charge in [0.05, 0.1) is 18.1 Å². The topological polar surface area (TPSA) is 98.5 Å². The Morgan fingerprint density at radius 1 is 1.17 bits per heavy atom. The van der Waals surface area contributed by atoms with Crippen LogP contribution in [0.1, 0.15) is 25.3 Å². The third-order valence-corrected chi connectivity index (χ3v) is 4.89. The molecule has 2 aromatic rings. The molecule has 24 heavy (non-hydrogen) atoms. The molecule has 0 atom stereocenters. The van der Waals surface area contributed by atoms with E-state index in [9.17, 15) is 18.5 Å². The van der Waals surface area contributed by atoms with Crippen molar-refractivity contribution in [3.63, 3.8) is 0 Å². The SMILES string of the molecule is COc1ccc(S(=O)(=O)Nc2cccc(C(C)C)c2)c([N+](=O)[O-])c1. The van der Waals surface area contributed by atoms with E-state index >= 15 is 0 Å². The Hall–Kier alpha value is -2.61. The molecule has 0 saturated heterocycles. The average Bonchev–Trinajstić information content (AvgIpc) is 2.53. The zero-order chi connectivity index (χ0) is 17.9. The van der Waals surface area contributed by atoms with Gasteiger partial charge < -0.3 is 4.74 Å². The van der Waals surface area contributed by atoms with Crippen LogP contribution in [-0.2, 0) is 10.0 Å². The maximum Gasteiger partial charge on any atom is 0.293 e. The van der Waals surface area contributed by atoms with E-state index in [1.165, 1.54) is 13.2 Å². The van der Waals surface area contributed by atoms with Crippen molar-refractivity contribution in [3.8, 4) is 5.75 Å². The fourth-order valence-electron chi connectivity index (χ4n) is 2.17. The number of methoxy groups -OCH3 is 1. The molecule has 0 aliphatic carbocycles. The first-order chi connectivity index (χ1) is 11.2. The number of anilines is 1. The molecule has 0 unspecified atom stereocenters. The smallest absolute Gasteiger partial charge is 0.293 e. The predicted octanol–water partition coefficient (Wildman–Crippen LogP) is 3.53. The van der Waals surface area contributed by atoms with Gasteiger partial charge in [0.25, 0.3) is 15.7 Å². The fourth-order valence-corrected chi connectivity index (χ4v) is 3.37. The summed E-state index contributed by atoms with van der Waals surface area (Å²) in [6.45, 7) is 3.98. The summed E-state index contributed by atoms with van der Waals surface area (Å²) in [5, 5.41) is 11.2. The first kappa shape index (κ1) is 17.7. The van der Waals surface area contributed by atoms with Gasteiger partial charge in [-0.1, -0.05) is 26.0 Å². The molecule has 1 N–H and O–H groups in total. The van der Waals surface area contributed by atoms with Gasteiger partial charge >= 0.3 is 0 Å². The second kappa shape index (κ2) is 6.88. The normalized spacial score (nSPS) is 11.3. The van der Waals surface area contributed by atoms with Crippen LogP contribution >= 0.6 is 0 Å². The maximum absolute atomic E-state index is 12.6. The molecule has 0 aromatic heterocycles. The molecule has 2 aromatic carbocycles. The van der Waals surface area contributed by atoms with Gasteiger partial charge in [0.2, 0.25) is 0 Å². The third kappa shape index (κ3) is 3.83. The number of ether oxygens (including phenoxy) is 1. The molecule has 128 valence electrons. The van der Waals surface area contributed by atoms with E-state index in [0.717, 1.165) is 17.7 Å². The van der Waals surface area contributed by atoms with Crippen LogP contribution in [0.5, 0.6) is 5.75 Å². The van der Waals surface area contributed by atoms with Crippen molar-refractivity contribution in [2.45, 2.75) is 24.7 Å². The van der Waals surface area contributed by atoms with Gasteiger partial charge in [0.15, 0.2) is 4.90 Å². The first-order valence-electron chi connectivity index (χ1n) is 7.20. The van der Waals surface area contributed by atoms with Gasteiger partial charge in [-0.25, -0.2) is 8.42 Å². The minimum atomic E-state index is -4.10. The molecule has 0 bridgehead atoms. The zero-order valence-electron chi connectivity index (χ0n) is 13.5. The van der Waals surface area contributed by atoms with Crippen LogP contribution in [0.15, 0.2) is 47.4 Å². The molecule has 0 fully saturated rings. The van der Waals surface area contributed by atoms with E-state index < -0.39 is 25.5 Å². The Balaban J connectivity index is 2.44. The number of nitrogens with one attached hydrogen (secondary N) is 1. The highest BCUT2D eigenvalue weighted by atomic mass is 32.2. The van der Waals surface area contributed by atoms with E-state index in [2.05, 4.69) is 4.72 Å². The van der Waals surface area contributed by atoms with E-state index in [-0.39, 0.29) is 11.7 Å². The van der Waals surface area contributed by atoms with Gasteiger partial charge in [0.1, 0.15) is 5.75 Å². The van der Waals surface area contributed by atoms with Gasteiger partial charge in [-0.3, -0.25) is 14.8 Å². The quantitative estimate of drug-likeness (QED) is 0.635. The monoisotopic (exact) mass is 350 g/mol. The molecular formula is C16H18N2O5S. The van der Waals surface area contributed by atoms with Crippen molar-refractivity contribution >= 4 is 21.4 Å². The lowest BCUT2D eigenvalue weighted by Gasteiger charge is -2.11. The van der Waals surface area contributed by atoms with Crippen LogP contribution in [0.2, 0.25) is 0 Å². The van der Waals surface area contributed by atoms with Gasteiger partial charge in [-0.2, -0.15) is 0 Å². The van der Waals surface area contributed by atoms with Crippen LogP contribution in [0.4, 0.5) is 11.4 Å². The summed E-state index contributed by atoms with van der Waals surface area (Å²) in [5.41, 5.74) is 0.771. The van der Waals surface area contributed by atoms with Gasteiger partial charge in [0, 0.05) is 5.69 Å². The summed E-state index contributed by atoms with van der Waals surface area (Å²) >= 11 is 0. The fraction of sp³-hybridized carbons (Fsp3) is 0.250. The second-order valence-electron chi connectivity index (χ2n) is 5.48. The minimum Gasteiger partial charge on any atom is -0.497 e. The number of hydrogen-bond acceptors (Lipinski definition) is 5. The first-order valence-corrected chi connectivity index (χ1v) is 8.68. The summed E-state index contributed by atoms with van der Waals surface area (Å²) in [5.74, 6) is 0.437. The molecule has 0 radical (unpaired) electrons. The molecular weight excluding hydrogens is 332 g/mol. The third-order valence-electron chi connectivity index (χ3n) is 3.46. The average molecular weight is 350 g/mol. The van der Waals surface area contributed by atoms with Gasteiger partial charge in [-0.05, 0) is 35.7 Å². The number of hydrogen-bond donors (Lipinski definition) is 1. The van der Waals surface area contributed by atoms with E-state index in [4.69, 9.17) is 4.74 Å². The Morgan fingerprint density at radius 3 is 2.46 bits per heavy atom. The van der Waals surface area contributed by atoms with Crippen LogP contribution in [0.3, 0.4) is 0 Å². The van der Waals surface area contributed by atoms with E-state index in [0.29, 0.717) is 5.69 Å². The highest BCUT2D eigenvalue weighted by molar-refractivity contribution is 7.92. The molecule has 0 saturated carbocycles. The molecule has 0 spiro atoms. The van der Waals surface area contributed by atoms with Crippen LogP contribution in [-0.4, -0.2) is 20.5 Å². The summed E-state index contributed by atoms with van der Waals surface area (Å²) < 4.78 is 32.4. The number of nitro groups is 1. The van der Waals surface area contributed by atoms with Crippen molar-refractivity contribution in [2.24, 2.45) is 0 Å². The zero-order valence-corrected chi connectivity index (χ0v) is 14.3. The van der Waals surface area contributed by atoms with Crippen molar-refractivity contribution in [2.75, 3.05) is 11.8 Å². The van der Waals surface area contributed by atoms with Crippen molar-refractivity contribution in [1.82, 2.24) is 0 Å². The lowest BCUT2D eigenvalue weighted by Crippen LogP contribution is -2.15. The lowest BCUT2D eigenvalue weighted by molar-refractivity contribution is -0.387. The minimum absolute atomic E-state index is 0.211. The van der Waals surface area contributed by atoms with Crippen molar-refractivity contribution in [1.29, 1.82) is 0 Å². The molecule has 0 aliphatic rings. The molecule has 0 aliphatic heterocycles. The standard InChI is InChI=1S/C16H18N2O5S/c1-11(2)12-5-4-6-13(9-12)17-24(21,22)16-8-7-14(23-3)10-15(16)18(19)20/h4-11,17H,1-3H3. The van der Waals surface area contributed by atoms with E-state index in [1.54, 1.807) is 18.2 Å². The van der Waals surface area contributed by atoms with Gasteiger partial charge in [-0.15, -0.1) is 0 Å². The largest absolute Gasteiger partial charge is 0.497 e. The highest BCUT2D eigenvalue weighted by Gasteiger charge is 2.26. The summed E-state index contributed by atoms with van der Waals surface area (Å²) in [6, 6.07) is 10.5. The Bertz CT molecular complexity index is 863. The van der Waals surface area contributed by atoms with Crippen LogP contribution in [0, 0.1) is 10.1 Å². The summed E-state index contributed by atoms with van der Waals surface area (Å²) in [6.07, 6.45) is 0. The van der Waals surface area contributed by atoms with Crippen molar-refractivity contribution < 1.29 is 18.1 Å². The summed E-state index contributed by atoms with van der Waals surface area (Å²) in [4.78, 5) is 10.0. The molecule has 0 heterocycles. The Labute approximate surface area is 140 Å². The highest BCUT2D eigenvalue weighted by Crippen LogP contribution is 2.30. The Kier molecular flexibility index (Phi) is 5.08. The molecule has 2 rings (SSSR count). The second-order valence-corrected chi connectivity index (χ2v) is 7.13. The number of sulfonamides is 1.